The monoisotopic (exact) mass is 299 g/mol. The molecule has 1 aliphatic carbocycles. The summed E-state index contributed by atoms with van der Waals surface area (Å²) >= 11 is 0. The average molecular weight is 299 g/mol. The summed E-state index contributed by atoms with van der Waals surface area (Å²) < 4.78 is 5.56. The van der Waals surface area contributed by atoms with E-state index in [2.05, 4.69) is 19.2 Å². The van der Waals surface area contributed by atoms with Gasteiger partial charge < -0.3 is 15.2 Å². The number of hydrogen-bond acceptors (Lipinski definition) is 3. The molecule has 3 atom stereocenters. The molecule has 2 N–H and O–H groups in total. The van der Waals surface area contributed by atoms with E-state index in [1.54, 1.807) is 0 Å². The van der Waals surface area contributed by atoms with Crippen molar-refractivity contribution in [1.82, 2.24) is 5.32 Å². The van der Waals surface area contributed by atoms with Crippen LogP contribution in [0.1, 0.15) is 71.6 Å². The maximum atomic E-state index is 9.87. The zero-order valence-electron chi connectivity index (χ0n) is 14.3. The summed E-state index contributed by atoms with van der Waals surface area (Å²) in [6, 6.07) is 0. The first kappa shape index (κ1) is 18.9. The van der Waals surface area contributed by atoms with E-state index in [-0.39, 0.29) is 6.10 Å². The third-order valence-corrected chi connectivity index (χ3v) is 4.78. The highest BCUT2D eigenvalue weighted by molar-refractivity contribution is 4.76. The van der Waals surface area contributed by atoms with Crippen LogP contribution in [0, 0.1) is 11.8 Å². The minimum absolute atomic E-state index is 0.359. The Kier molecular flexibility index (Phi) is 11.2. The largest absolute Gasteiger partial charge is 0.389 e. The van der Waals surface area contributed by atoms with Gasteiger partial charge in [0.15, 0.2) is 0 Å². The lowest BCUT2D eigenvalue weighted by atomic mass is 9.98. The van der Waals surface area contributed by atoms with Crippen LogP contribution in [-0.2, 0) is 4.74 Å². The molecule has 3 unspecified atom stereocenters. The molecular formula is C18H37NO2. The third-order valence-electron chi connectivity index (χ3n) is 4.78. The average Bonchev–Trinajstić information content (AvgIpc) is 2.87. The van der Waals surface area contributed by atoms with Crippen molar-refractivity contribution in [2.45, 2.75) is 77.7 Å². The summed E-state index contributed by atoms with van der Waals surface area (Å²) in [6.07, 6.45) is 11.4. The summed E-state index contributed by atoms with van der Waals surface area (Å²) in [5, 5.41) is 13.3. The van der Waals surface area contributed by atoms with Gasteiger partial charge in [-0.15, -0.1) is 0 Å². The lowest BCUT2D eigenvalue weighted by Crippen LogP contribution is -2.34. The van der Waals surface area contributed by atoms with E-state index in [1.807, 2.05) is 0 Å². The van der Waals surface area contributed by atoms with Gasteiger partial charge in [0.25, 0.3) is 0 Å². The fourth-order valence-corrected chi connectivity index (χ4v) is 3.22. The molecule has 0 radical (unpaired) electrons. The van der Waals surface area contributed by atoms with Crippen molar-refractivity contribution >= 4 is 0 Å². The molecule has 0 spiro atoms. The summed E-state index contributed by atoms with van der Waals surface area (Å²) in [5.74, 6) is 1.65. The first-order valence-corrected chi connectivity index (χ1v) is 9.20. The van der Waals surface area contributed by atoms with Gasteiger partial charge in [-0.05, 0) is 31.2 Å². The molecule has 0 bridgehead atoms. The fourth-order valence-electron chi connectivity index (χ4n) is 3.22. The quantitative estimate of drug-likeness (QED) is 0.509. The molecule has 1 fully saturated rings. The Morgan fingerprint density at radius 1 is 1.14 bits per heavy atom. The number of hydrogen-bond donors (Lipinski definition) is 2. The molecule has 0 heterocycles. The van der Waals surface area contributed by atoms with Crippen molar-refractivity contribution in [3.05, 3.63) is 0 Å². The lowest BCUT2D eigenvalue weighted by Gasteiger charge is -2.18. The number of unbranched alkanes of at least 4 members (excludes halogenated alkanes) is 5. The topological polar surface area (TPSA) is 41.5 Å². The Hall–Kier alpha value is -0.120. The highest BCUT2D eigenvalue weighted by atomic mass is 16.5. The minimum Gasteiger partial charge on any atom is -0.389 e. The SMILES string of the molecule is CCCCCCCCOCC(O)CNCC1CCCC1C. The van der Waals surface area contributed by atoms with Gasteiger partial charge in [0.2, 0.25) is 0 Å². The van der Waals surface area contributed by atoms with E-state index in [0.29, 0.717) is 13.2 Å². The van der Waals surface area contributed by atoms with Crippen LogP contribution in [-0.4, -0.2) is 37.5 Å². The molecule has 0 aromatic rings. The zero-order chi connectivity index (χ0) is 15.3. The Labute approximate surface area is 131 Å². The highest BCUT2D eigenvalue weighted by Gasteiger charge is 2.22. The Morgan fingerprint density at radius 2 is 1.90 bits per heavy atom. The van der Waals surface area contributed by atoms with Gasteiger partial charge in [-0.1, -0.05) is 58.8 Å². The van der Waals surface area contributed by atoms with Crippen LogP contribution in [0.2, 0.25) is 0 Å². The summed E-state index contributed by atoms with van der Waals surface area (Å²) in [5.41, 5.74) is 0. The van der Waals surface area contributed by atoms with Crippen LogP contribution >= 0.6 is 0 Å². The van der Waals surface area contributed by atoms with E-state index < -0.39 is 0 Å². The number of nitrogens with one attached hydrogen (secondary N) is 1. The summed E-state index contributed by atoms with van der Waals surface area (Å²) in [7, 11) is 0. The van der Waals surface area contributed by atoms with Gasteiger partial charge in [-0.3, -0.25) is 0 Å². The van der Waals surface area contributed by atoms with Crippen molar-refractivity contribution < 1.29 is 9.84 Å². The molecule has 0 aromatic carbocycles. The second-order valence-electron chi connectivity index (χ2n) is 6.82. The van der Waals surface area contributed by atoms with Crippen molar-refractivity contribution in [2.75, 3.05) is 26.3 Å². The van der Waals surface area contributed by atoms with E-state index in [4.69, 9.17) is 4.74 Å². The van der Waals surface area contributed by atoms with Gasteiger partial charge >= 0.3 is 0 Å². The van der Waals surface area contributed by atoms with E-state index in [0.717, 1.165) is 31.4 Å². The molecule has 3 heteroatoms. The number of rotatable bonds is 13. The summed E-state index contributed by atoms with van der Waals surface area (Å²) in [4.78, 5) is 0. The number of aliphatic hydroxyl groups excluding tert-OH is 1. The van der Waals surface area contributed by atoms with Crippen molar-refractivity contribution in [3.63, 3.8) is 0 Å². The predicted molar refractivity (Wildman–Crippen MR) is 89.6 cm³/mol. The van der Waals surface area contributed by atoms with Crippen molar-refractivity contribution in [3.8, 4) is 0 Å². The predicted octanol–water partition coefficient (Wildman–Crippen LogP) is 3.75. The normalized spacial score (nSPS) is 23.6. The molecule has 0 amide bonds. The smallest absolute Gasteiger partial charge is 0.0897 e. The van der Waals surface area contributed by atoms with Crippen LogP contribution in [0.5, 0.6) is 0 Å². The molecule has 1 saturated carbocycles. The Balaban J connectivity index is 1.84. The second kappa shape index (κ2) is 12.4. The van der Waals surface area contributed by atoms with Crippen molar-refractivity contribution in [2.24, 2.45) is 11.8 Å². The Bertz CT molecular complexity index is 235. The first-order valence-electron chi connectivity index (χ1n) is 9.20. The molecule has 3 nitrogen and oxygen atoms in total. The van der Waals surface area contributed by atoms with Crippen LogP contribution in [0.25, 0.3) is 0 Å². The number of aliphatic hydroxyl groups is 1. The van der Waals surface area contributed by atoms with Crippen LogP contribution in [0.15, 0.2) is 0 Å². The second-order valence-corrected chi connectivity index (χ2v) is 6.82. The first-order chi connectivity index (χ1) is 10.2. The molecule has 21 heavy (non-hydrogen) atoms. The van der Waals surface area contributed by atoms with Crippen LogP contribution in [0.4, 0.5) is 0 Å². The van der Waals surface area contributed by atoms with Crippen molar-refractivity contribution in [1.29, 1.82) is 0 Å². The van der Waals surface area contributed by atoms with Crippen LogP contribution < -0.4 is 5.32 Å². The maximum absolute atomic E-state index is 9.87. The fraction of sp³-hybridized carbons (Fsp3) is 1.00. The zero-order valence-corrected chi connectivity index (χ0v) is 14.3. The van der Waals surface area contributed by atoms with Crippen LogP contribution in [0.3, 0.4) is 0 Å². The van der Waals surface area contributed by atoms with Gasteiger partial charge in [0.1, 0.15) is 0 Å². The highest BCUT2D eigenvalue weighted by Crippen LogP contribution is 2.30. The molecular weight excluding hydrogens is 262 g/mol. The molecule has 0 aliphatic heterocycles. The summed E-state index contributed by atoms with van der Waals surface area (Å²) in [6.45, 7) is 7.58. The van der Waals surface area contributed by atoms with Gasteiger partial charge in [-0.25, -0.2) is 0 Å². The van der Waals surface area contributed by atoms with E-state index >= 15 is 0 Å². The van der Waals surface area contributed by atoms with Gasteiger partial charge in [-0.2, -0.15) is 0 Å². The number of ether oxygens (including phenoxy) is 1. The minimum atomic E-state index is -0.359. The molecule has 1 aliphatic rings. The molecule has 0 saturated heterocycles. The molecule has 0 aromatic heterocycles. The van der Waals surface area contributed by atoms with Gasteiger partial charge in [0, 0.05) is 13.2 Å². The van der Waals surface area contributed by atoms with Gasteiger partial charge in [0.05, 0.1) is 12.7 Å². The Morgan fingerprint density at radius 3 is 2.62 bits per heavy atom. The maximum Gasteiger partial charge on any atom is 0.0897 e. The van der Waals surface area contributed by atoms with E-state index in [9.17, 15) is 5.11 Å². The lowest BCUT2D eigenvalue weighted by molar-refractivity contribution is 0.0349. The van der Waals surface area contributed by atoms with E-state index in [1.165, 1.54) is 51.4 Å². The molecule has 1 rings (SSSR count). The standard InChI is InChI=1S/C18H37NO2/c1-3-4-5-6-7-8-12-21-15-18(20)14-19-13-17-11-9-10-16(17)2/h16-20H,3-15H2,1-2H3. The third kappa shape index (κ3) is 9.49. The molecule has 126 valence electrons.